The molecule has 0 N–H and O–H groups in total. The zero-order valence-corrected chi connectivity index (χ0v) is 28.2. The quantitative estimate of drug-likeness (QED) is 0.187. The van der Waals surface area contributed by atoms with Crippen molar-refractivity contribution in [2.75, 3.05) is 0 Å². The molecule has 1 aromatic heterocycles. The fourth-order valence-corrected chi connectivity index (χ4v) is 8.84. The molecule has 8 aromatic carbocycles. The Morgan fingerprint density at radius 2 is 0.865 bits per heavy atom. The van der Waals surface area contributed by atoms with Gasteiger partial charge in [0.05, 0.1) is 16.4 Å². The standard InChI is InChI=1S/C49H31NO2/c1-3-16-32(17-4-1)34-21-14-27-41-47(34)51-44-30-11-8-25-39(44)49(41)40-26-9-12-31-45(40)52-48-38(24-15-28-42(48)49)37-23-13-22-36-35-20-7-10-29-43(35)50(46(36)37)33-18-5-2-6-19-33/h1-31H. The minimum Gasteiger partial charge on any atom is -0.456 e. The number of aromatic nitrogens is 1. The lowest BCUT2D eigenvalue weighted by Crippen LogP contribution is -2.37. The highest BCUT2D eigenvalue weighted by Crippen LogP contribution is 2.63. The summed E-state index contributed by atoms with van der Waals surface area (Å²) in [5.41, 5.74) is 11.4. The van der Waals surface area contributed by atoms with E-state index in [4.69, 9.17) is 9.47 Å². The lowest BCUT2D eigenvalue weighted by atomic mass is 9.61. The van der Waals surface area contributed by atoms with Gasteiger partial charge in [-0.25, -0.2) is 0 Å². The SMILES string of the molecule is c1ccc(-c2cccc3c2Oc2ccccc2C32c3ccccc3Oc3c(-c4cccc5c6ccccc6n(-c6ccccc6)c45)cccc32)cc1. The highest BCUT2D eigenvalue weighted by atomic mass is 16.5. The number of rotatable bonds is 3. The normalized spacial score (nSPS) is 15.3. The van der Waals surface area contributed by atoms with Crippen molar-refractivity contribution in [1.29, 1.82) is 0 Å². The summed E-state index contributed by atoms with van der Waals surface area (Å²) in [7, 11) is 0. The molecule has 2 aliphatic heterocycles. The molecule has 3 nitrogen and oxygen atoms in total. The second-order valence-corrected chi connectivity index (χ2v) is 13.6. The van der Waals surface area contributed by atoms with Gasteiger partial charge in [-0.1, -0.05) is 158 Å². The van der Waals surface area contributed by atoms with Crippen molar-refractivity contribution < 1.29 is 9.47 Å². The van der Waals surface area contributed by atoms with Gasteiger partial charge in [0.1, 0.15) is 23.0 Å². The molecule has 0 amide bonds. The average molecular weight is 666 g/mol. The summed E-state index contributed by atoms with van der Waals surface area (Å²) in [6.07, 6.45) is 0. The summed E-state index contributed by atoms with van der Waals surface area (Å²) < 4.78 is 16.5. The highest BCUT2D eigenvalue weighted by molar-refractivity contribution is 6.14. The molecule has 0 aliphatic carbocycles. The number of hydrogen-bond donors (Lipinski definition) is 0. The van der Waals surface area contributed by atoms with Crippen LogP contribution >= 0.6 is 0 Å². The van der Waals surface area contributed by atoms with Gasteiger partial charge in [-0.3, -0.25) is 0 Å². The van der Waals surface area contributed by atoms with E-state index < -0.39 is 5.41 Å². The Hall–Kier alpha value is -6.84. The van der Waals surface area contributed by atoms with Gasteiger partial charge in [-0.2, -0.15) is 0 Å². The molecule has 1 spiro atoms. The number of hydrogen-bond acceptors (Lipinski definition) is 2. The molecular weight excluding hydrogens is 635 g/mol. The second-order valence-electron chi connectivity index (χ2n) is 13.6. The first-order valence-electron chi connectivity index (χ1n) is 17.8. The Morgan fingerprint density at radius 1 is 0.365 bits per heavy atom. The van der Waals surface area contributed by atoms with E-state index in [1.165, 1.54) is 16.3 Å². The van der Waals surface area contributed by atoms with Crippen LogP contribution in [0, 0.1) is 0 Å². The van der Waals surface area contributed by atoms with E-state index in [1.54, 1.807) is 0 Å². The Labute approximate surface area is 301 Å². The molecule has 1 atom stereocenters. The van der Waals surface area contributed by atoms with E-state index in [0.29, 0.717) is 0 Å². The van der Waals surface area contributed by atoms with Gasteiger partial charge in [0, 0.05) is 55.4 Å². The third-order valence-electron chi connectivity index (χ3n) is 10.9. The molecular formula is C49H31NO2. The van der Waals surface area contributed by atoms with Crippen LogP contribution in [0.2, 0.25) is 0 Å². The molecule has 3 heteroatoms. The molecule has 0 saturated heterocycles. The largest absolute Gasteiger partial charge is 0.456 e. The summed E-state index contributed by atoms with van der Waals surface area (Å²) >= 11 is 0. The molecule has 2 aliphatic rings. The lowest BCUT2D eigenvalue weighted by Gasteiger charge is -2.45. The molecule has 0 saturated carbocycles. The van der Waals surface area contributed by atoms with E-state index >= 15 is 0 Å². The zero-order chi connectivity index (χ0) is 34.2. The predicted octanol–water partition coefficient (Wildman–Crippen LogP) is 12.7. The van der Waals surface area contributed by atoms with E-state index in [9.17, 15) is 0 Å². The number of para-hydroxylation sites is 7. The van der Waals surface area contributed by atoms with Crippen LogP contribution in [-0.4, -0.2) is 4.57 Å². The van der Waals surface area contributed by atoms with Crippen LogP contribution in [0.25, 0.3) is 49.7 Å². The fraction of sp³-hybridized carbons (Fsp3) is 0.0204. The molecule has 0 radical (unpaired) electrons. The Bertz CT molecular complexity index is 2840. The van der Waals surface area contributed by atoms with E-state index in [1.807, 2.05) is 0 Å². The van der Waals surface area contributed by atoms with Crippen LogP contribution in [0.4, 0.5) is 0 Å². The maximum absolute atomic E-state index is 7.15. The van der Waals surface area contributed by atoms with Crippen LogP contribution < -0.4 is 9.47 Å². The first-order valence-corrected chi connectivity index (χ1v) is 17.8. The molecule has 0 bridgehead atoms. The smallest absolute Gasteiger partial charge is 0.140 e. The van der Waals surface area contributed by atoms with E-state index in [-0.39, 0.29) is 0 Å². The average Bonchev–Trinajstić information content (AvgIpc) is 3.56. The van der Waals surface area contributed by atoms with Crippen LogP contribution in [0.1, 0.15) is 22.3 Å². The molecule has 52 heavy (non-hydrogen) atoms. The van der Waals surface area contributed by atoms with E-state index in [2.05, 4.69) is 193 Å². The Kier molecular flexibility index (Phi) is 6.17. The maximum atomic E-state index is 7.15. The number of ether oxygens (including phenoxy) is 2. The third-order valence-corrected chi connectivity index (χ3v) is 10.9. The molecule has 3 heterocycles. The first kappa shape index (κ1) is 28.9. The van der Waals surface area contributed by atoms with Crippen molar-refractivity contribution in [2.45, 2.75) is 5.41 Å². The Balaban J connectivity index is 1.27. The van der Waals surface area contributed by atoms with Crippen molar-refractivity contribution in [3.8, 4) is 50.9 Å². The molecule has 9 aromatic rings. The van der Waals surface area contributed by atoms with Crippen molar-refractivity contribution in [3.05, 3.63) is 210 Å². The van der Waals surface area contributed by atoms with Crippen molar-refractivity contribution in [1.82, 2.24) is 4.57 Å². The predicted molar refractivity (Wildman–Crippen MR) is 210 cm³/mol. The second kappa shape index (κ2) is 11.1. The summed E-state index contributed by atoms with van der Waals surface area (Å²) in [4.78, 5) is 0. The van der Waals surface area contributed by atoms with Gasteiger partial charge in [0.25, 0.3) is 0 Å². The van der Waals surface area contributed by atoms with Gasteiger partial charge >= 0.3 is 0 Å². The first-order chi connectivity index (χ1) is 25.8. The summed E-state index contributed by atoms with van der Waals surface area (Å²) in [6.45, 7) is 0. The van der Waals surface area contributed by atoms with Crippen LogP contribution in [-0.2, 0) is 5.41 Å². The van der Waals surface area contributed by atoms with Gasteiger partial charge in [0.2, 0.25) is 0 Å². The van der Waals surface area contributed by atoms with Crippen molar-refractivity contribution >= 4 is 21.8 Å². The molecule has 0 fully saturated rings. The number of nitrogens with zero attached hydrogens (tertiary/aromatic N) is 1. The summed E-state index contributed by atoms with van der Waals surface area (Å²) in [6, 6.07) is 66.8. The number of fused-ring (bicyclic) bond motifs is 11. The van der Waals surface area contributed by atoms with Gasteiger partial charge in [-0.15, -0.1) is 0 Å². The van der Waals surface area contributed by atoms with Gasteiger partial charge in [0.15, 0.2) is 0 Å². The molecule has 1 unspecified atom stereocenters. The zero-order valence-electron chi connectivity index (χ0n) is 28.2. The van der Waals surface area contributed by atoms with Crippen LogP contribution in [0.15, 0.2) is 188 Å². The topological polar surface area (TPSA) is 23.4 Å². The third kappa shape index (κ3) is 3.91. The van der Waals surface area contributed by atoms with Crippen LogP contribution in [0.5, 0.6) is 23.0 Å². The van der Waals surface area contributed by atoms with Gasteiger partial charge in [-0.05, 0) is 35.9 Å². The maximum Gasteiger partial charge on any atom is 0.140 e. The van der Waals surface area contributed by atoms with Crippen molar-refractivity contribution in [3.63, 3.8) is 0 Å². The van der Waals surface area contributed by atoms with E-state index in [0.717, 1.165) is 78.7 Å². The van der Waals surface area contributed by atoms with Crippen molar-refractivity contribution in [2.24, 2.45) is 0 Å². The summed E-state index contributed by atoms with van der Waals surface area (Å²) in [5.74, 6) is 3.40. The van der Waals surface area contributed by atoms with Gasteiger partial charge < -0.3 is 14.0 Å². The molecule has 244 valence electrons. The number of benzene rings is 8. The Morgan fingerprint density at radius 3 is 1.58 bits per heavy atom. The molecule has 11 rings (SSSR count). The minimum absolute atomic E-state index is 0.713. The van der Waals surface area contributed by atoms with Crippen LogP contribution in [0.3, 0.4) is 0 Å². The highest BCUT2D eigenvalue weighted by Gasteiger charge is 2.51. The summed E-state index contributed by atoms with van der Waals surface area (Å²) in [5, 5.41) is 2.42. The monoisotopic (exact) mass is 665 g/mol. The fourth-order valence-electron chi connectivity index (χ4n) is 8.84. The minimum atomic E-state index is -0.713. The lowest BCUT2D eigenvalue weighted by molar-refractivity contribution is 0.401.